The molecule has 0 aliphatic carbocycles. The van der Waals surface area contributed by atoms with Gasteiger partial charge in [-0.2, -0.15) is 0 Å². The Hall–Kier alpha value is -2.82. The second kappa shape index (κ2) is 8.27. The Morgan fingerprint density at radius 2 is 1.72 bits per heavy atom. The largest absolute Gasteiger partial charge is 0.323 e. The van der Waals surface area contributed by atoms with Crippen molar-refractivity contribution in [3.8, 4) is 0 Å². The Balaban J connectivity index is 1.55. The van der Waals surface area contributed by atoms with E-state index in [1.807, 2.05) is 47.4 Å². The van der Waals surface area contributed by atoms with Crippen LogP contribution in [0.2, 0.25) is 10.0 Å². The van der Waals surface area contributed by atoms with E-state index >= 15 is 0 Å². The second-order valence-electron chi connectivity index (χ2n) is 8.42. The molecule has 1 amide bonds. The first-order valence-corrected chi connectivity index (χ1v) is 11.4. The first kappa shape index (κ1) is 21.0. The highest BCUT2D eigenvalue weighted by molar-refractivity contribution is 6.36. The highest BCUT2D eigenvalue weighted by Gasteiger charge is 2.35. The van der Waals surface area contributed by atoms with E-state index in [4.69, 9.17) is 28.2 Å². The van der Waals surface area contributed by atoms with Crippen LogP contribution in [0.3, 0.4) is 0 Å². The molecule has 0 N–H and O–H groups in total. The van der Waals surface area contributed by atoms with Gasteiger partial charge in [-0.25, -0.2) is 4.98 Å². The van der Waals surface area contributed by atoms with Crippen LogP contribution in [0.25, 0.3) is 11.0 Å². The predicted molar refractivity (Wildman–Crippen MR) is 131 cm³/mol. The maximum atomic E-state index is 13.0. The molecule has 1 aliphatic heterocycles. The number of para-hydroxylation sites is 2. The molecule has 1 aliphatic rings. The molecule has 1 fully saturated rings. The highest BCUT2D eigenvalue weighted by atomic mass is 35.5. The minimum Gasteiger partial charge on any atom is -0.323 e. The number of halogens is 2. The maximum absolute atomic E-state index is 13.0. The van der Waals surface area contributed by atoms with Gasteiger partial charge in [-0.1, -0.05) is 47.5 Å². The van der Waals surface area contributed by atoms with Crippen LogP contribution in [-0.4, -0.2) is 22.0 Å². The zero-order valence-electron chi connectivity index (χ0n) is 18.0. The van der Waals surface area contributed by atoms with Crippen molar-refractivity contribution in [2.75, 3.05) is 11.4 Å². The standard InChI is InChI=1S/C26H23Cl2N3O/c1-16-10-11-19(12-17(16)2)30-14-18(13-25(30)32)26-29-23-8-3-4-9-24(23)31(26)15-20-21(27)6-5-7-22(20)28/h3-12,18H,13-15H2,1-2H3. The summed E-state index contributed by atoms with van der Waals surface area (Å²) in [5, 5.41) is 1.25. The van der Waals surface area contributed by atoms with E-state index < -0.39 is 0 Å². The summed E-state index contributed by atoms with van der Waals surface area (Å²) < 4.78 is 2.16. The fourth-order valence-electron chi connectivity index (χ4n) is 4.44. The minimum absolute atomic E-state index is 0.0160. The average molecular weight is 464 g/mol. The van der Waals surface area contributed by atoms with Crippen LogP contribution >= 0.6 is 23.2 Å². The number of imidazole rings is 1. The van der Waals surface area contributed by atoms with E-state index in [0.29, 0.717) is 29.6 Å². The van der Waals surface area contributed by atoms with E-state index in [1.54, 1.807) is 0 Å². The Bertz CT molecular complexity index is 1320. The molecule has 1 unspecified atom stereocenters. The molecule has 0 radical (unpaired) electrons. The summed E-state index contributed by atoms with van der Waals surface area (Å²) >= 11 is 13.0. The molecule has 4 nitrogen and oxygen atoms in total. The fraction of sp³-hybridized carbons (Fsp3) is 0.231. The topological polar surface area (TPSA) is 38.1 Å². The van der Waals surface area contributed by atoms with Gasteiger partial charge in [0.2, 0.25) is 5.91 Å². The zero-order valence-corrected chi connectivity index (χ0v) is 19.5. The third kappa shape index (κ3) is 3.68. The molecule has 162 valence electrons. The molecule has 3 aromatic carbocycles. The smallest absolute Gasteiger partial charge is 0.227 e. The molecule has 32 heavy (non-hydrogen) atoms. The van der Waals surface area contributed by atoms with Gasteiger partial charge in [0.15, 0.2) is 0 Å². The molecule has 2 heterocycles. The molecular weight excluding hydrogens is 441 g/mol. The van der Waals surface area contributed by atoms with E-state index in [1.165, 1.54) is 11.1 Å². The third-order valence-corrected chi connectivity index (χ3v) is 7.06. The summed E-state index contributed by atoms with van der Waals surface area (Å²) in [6.45, 7) is 5.25. The van der Waals surface area contributed by atoms with Crippen LogP contribution in [0.5, 0.6) is 0 Å². The predicted octanol–water partition coefficient (Wildman–Crippen LogP) is 6.53. The van der Waals surface area contributed by atoms with Gasteiger partial charge < -0.3 is 9.47 Å². The molecule has 6 heteroatoms. The summed E-state index contributed by atoms with van der Waals surface area (Å²) in [5.41, 5.74) is 6.11. The number of amides is 1. The fourth-order valence-corrected chi connectivity index (χ4v) is 4.95. The summed E-state index contributed by atoms with van der Waals surface area (Å²) in [4.78, 5) is 19.8. The van der Waals surface area contributed by atoms with Gasteiger partial charge in [0, 0.05) is 40.2 Å². The van der Waals surface area contributed by atoms with Crippen molar-refractivity contribution in [1.82, 2.24) is 9.55 Å². The van der Waals surface area contributed by atoms with Crippen molar-refractivity contribution in [3.05, 3.63) is 93.2 Å². The number of hydrogen-bond acceptors (Lipinski definition) is 2. The summed E-state index contributed by atoms with van der Waals surface area (Å²) in [6, 6.07) is 19.8. The lowest BCUT2D eigenvalue weighted by atomic mass is 10.1. The number of aromatic nitrogens is 2. The first-order valence-electron chi connectivity index (χ1n) is 10.7. The summed E-state index contributed by atoms with van der Waals surface area (Å²) in [5.74, 6) is 0.993. The molecule has 5 rings (SSSR count). The van der Waals surface area contributed by atoms with Gasteiger partial charge in [-0.05, 0) is 61.4 Å². The lowest BCUT2D eigenvalue weighted by molar-refractivity contribution is -0.117. The Kier molecular flexibility index (Phi) is 5.44. The number of anilines is 1. The van der Waals surface area contributed by atoms with Crippen LogP contribution < -0.4 is 4.90 Å². The molecule has 0 saturated carbocycles. The number of fused-ring (bicyclic) bond motifs is 1. The van der Waals surface area contributed by atoms with E-state index in [2.05, 4.69) is 36.6 Å². The van der Waals surface area contributed by atoms with Gasteiger partial charge in [0.1, 0.15) is 5.82 Å². The maximum Gasteiger partial charge on any atom is 0.227 e. The van der Waals surface area contributed by atoms with Crippen molar-refractivity contribution in [2.45, 2.75) is 32.7 Å². The molecule has 0 bridgehead atoms. The van der Waals surface area contributed by atoms with Crippen LogP contribution in [-0.2, 0) is 11.3 Å². The van der Waals surface area contributed by atoms with Gasteiger partial charge in [-0.3, -0.25) is 4.79 Å². The first-order chi connectivity index (χ1) is 15.4. The molecule has 1 aromatic heterocycles. The third-order valence-electron chi connectivity index (χ3n) is 6.35. The van der Waals surface area contributed by atoms with Gasteiger partial charge in [0.05, 0.1) is 17.6 Å². The molecule has 4 aromatic rings. The number of rotatable bonds is 4. The number of nitrogens with zero attached hydrogens (tertiary/aromatic N) is 3. The minimum atomic E-state index is -0.0160. The van der Waals surface area contributed by atoms with Gasteiger partial charge in [-0.15, -0.1) is 0 Å². The van der Waals surface area contributed by atoms with Crippen molar-refractivity contribution in [3.63, 3.8) is 0 Å². The molecule has 0 spiro atoms. The lowest BCUT2D eigenvalue weighted by Gasteiger charge is -2.19. The Morgan fingerprint density at radius 1 is 0.969 bits per heavy atom. The average Bonchev–Trinajstić information content (AvgIpc) is 3.33. The van der Waals surface area contributed by atoms with Crippen molar-refractivity contribution in [2.24, 2.45) is 0 Å². The van der Waals surface area contributed by atoms with Gasteiger partial charge in [0.25, 0.3) is 0 Å². The van der Waals surface area contributed by atoms with Crippen LogP contribution in [0.15, 0.2) is 60.7 Å². The van der Waals surface area contributed by atoms with Crippen LogP contribution in [0.1, 0.15) is 34.9 Å². The number of hydrogen-bond donors (Lipinski definition) is 0. The lowest BCUT2D eigenvalue weighted by Crippen LogP contribution is -2.24. The number of benzene rings is 3. The summed E-state index contributed by atoms with van der Waals surface area (Å²) in [6.07, 6.45) is 0.423. The highest BCUT2D eigenvalue weighted by Crippen LogP contribution is 2.35. The Labute approximate surface area is 197 Å². The van der Waals surface area contributed by atoms with Crippen LogP contribution in [0.4, 0.5) is 5.69 Å². The monoisotopic (exact) mass is 463 g/mol. The number of carbonyl (C=O) groups excluding carboxylic acids is 1. The quantitative estimate of drug-likeness (QED) is 0.345. The van der Waals surface area contributed by atoms with Crippen LogP contribution in [0, 0.1) is 13.8 Å². The second-order valence-corrected chi connectivity index (χ2v) is 9.23. The van der Waals surface area contributed by atoms with Gasteiger partial charge >= 0.3 is 0 Å². The molecular formula is C26H23Cl2N3O. The summed E-state index contributed by atoms with van der Waals surface area (Å²) in [7, 11) is 0. The van der Waals surface area contributed by atoms with Crippen molar-refractivity contribution >= 4 is 45.8 Å². The zero-order chi connectivity index (χ0) is 22.4. The van der Waals surface area contributed by atoms with Crippen molar-refractivity contribution in [1.29, 1.82) is 0 Å². The Morgan fingerprint density at radius 3 is 2.47 bits per heavy atom. The van der Waals surface area contributed by atoms with E-state index in [9.17, 15) is 4.79 Å². The molecule has 1 atom stereocenters. The number of carbonyl (C=O) groups is 1. The SMILES string of the molecule is Cc1ccc(N2CC(c3nc4ccccc4n3Cc3c(Cl)cccc3Cl)CC2=O)cc1C. The molecule has 1 saturated heterocycles. The van der Waals surface area contributed by atoms with E-state index in [0.717, 1.165) is 28.1 Å². The normalized spacial score (nSPS) is 16.3. The van der Waals surface area contributed by atoms with E-state index in [-0.39, 0.29) is 11.8 Å². The number of aryl methyl sites for hydroxylation is 2. The van der Waals surface area contributed by atoms with Crippen molar-refractivity contribution < 1.29 is 4.79 Å².